The molecule has 7 nitrogen and oxygen atoms in total. The maximum atomic E-state index is 12.0. The minimum absolute atomic E-state index is 0.0533. The van der Waals surface area contributed by atoms with Crippen molar-refractivity contribution in [2.24, 2.45) is 0 Å². The Kier molecular flexibility index (Phi) is 9.76. The molecule has 0 aromatic rings. The van der Waals surface area contributed by atoms with E-state index in [9.17, 15) is 13.9 Å². The van der Waals surface area contributed by atoms with E-state index in [0.717, 1.165) is 44.9 Å². The highest BCUT2D eigenvalue weighted by molar-refractivity contribution is 7.57. The van der Waals surface area contributed by atoms with E-state index in [1.54, 1.807) is 6.92 Å². The van der Waals surface area contributed by atoms with Crippen LogP contribution in [-0.2, 0) is 23.0 Å². The van der Waals surface area contributed by atoms with Gasteiger partial charge in [0.15, 0.2) is 7.37 Å². The largest absolute Gasteiger partial charge is 0.350 e. The Morgan fingerprint density at radius 1 is 1.21 bits per heavy atom. The van der Waals surface area contributed by atoms with Gasteiger partial charge in [-0.15, -0.1) is 0 Å². The fraction of sp³-hybridized carbons (Fsp3) is 0.933. The quantitative estimate of drug-likeness (QED) is 0.393. The standard InChI is InChI=1S/C15H31NO6P2/c1-14-12-21-24(20,22-14)13-16-15(17)10-8-6-4-3-5-7-9-11-23(2,18)19/h14H,3-13H2,1-2H3,(H,16,17)(H,18,19). The molecule has 1 rings (SSSR count). The molecule has 3 unspecified atom stereocenters. The summed E-state index contributed by atoms with van der Waals surface area (Å²) in [5, 5.41) is 2.62. The van der Waals surface area contributed by atoms with Gasteiger partial charge in [-0.25, -0.2) is 0 Å². The van der Waals surface area contributed by atoms with Crippen molar-refractivity contribution < 1.29 is 27.9 Å². The average molecular weight is 383 g/mol. The summed E-state index contributed by atoms with van der Waals surface area (Å²) in [5.74, 6) is -0.126. The zero-order valence-corrected chi connectivity index (χ0v) is 16.5. The third kappa shape index (κ3) is 10.6. The van der Waals surface area contributed by atoms with Gasteiger partial charge in [-0.05, 0) is 19.8 Å². The van der Waals surface area contributed by atoms with E-state index in [2.05, 4.69) is 5.32 Å². The predicted octanol–water partition coefficient (Wildman–Crippen LogP) is 3.71. The molecule has 1 amide bonds. The van der Waals surface area contributed by atoms with Crippen LogP contribution in [0.1, 0.15) is 58.3 Å². The summed E-state index contributed by atoms with van der Waals surface area (Å²) in [5.41, 5.74) is 0. The highest BCUT2D eigenvalue weighted by Gasteiger charge is 2.34. The van der Waals surface area contributed by atoms with Gasteiger partial charge in [0.1, 0.15) is 6.29 Å². The van der Waals surface area contributed by atoms with Crippen molar-refractivity contribution in [2.45, 2.75) is 64.4 Å². The molecule has 1 aliphatic rings. The lowest BCUT2D eigenvalue weighted by atomic mass is 10.1. The van der Waals surface area contributed by atoms with Crippen molar-refractivity contribution in [1.29, 1.82) is 0 Å². The van der Waals surface area contributed by atoms with E-state index in [0.29, 0.717) is 19.2 Å². The maximum absolute atomic E-state index is 12.0. The number of amides is 1. The summed E-state index contributed by atoms with van der Waals surface area (Å²) in [6.45, 7) is 3.49. The Hall–Kier alpha value is -0.190. The second kappa shape index (κ2) is 10.7. The lowest BCUT2D eigenvalue weighted by molar-refractivity contribution is -0.120. The summed E-state index contributed by atoms with van der Waals surface area (Å²) in [7, 11) is -5.97. The van der Waals surface area contributed by atoms with Crippen LogP contribution in [0.25, 0.3) is 0 Å². The van der Waals surface area contributed by atoms with Gasteiger partial charge in [0.05, 0.1) is 12.7 Å². The summed E-state index contributed by atoms with van der Waals surface area (Å²) in [6.07, 6.45) is 7.33. The third-order valence-corrected chi connectivity index (χ3v) is 6.71. The van der Waals surface area contributed by atoms with E-state index in [4.69, 9.17) is 13.9 Å². The molecular weight excluding hydrogens is 352 g/mol. The van der Waals surface area contributed by atoms with Gasteiger partial charge in [0.25, 0.3) is 0 Å². The van der Waals surface area contributed by atoms with Crippen molar-refractivity contribution in [3.05, 3.63) is 0 Å². The van der Waals surface area contributed by atoms with Crippen LogP contribution in [0.5, 0.6) is 0 Å². The molecule has 0 aliphatic carbocycles. The number of nitrogens with one attached hydrogen (secondary N) is 1. The normalized spacial score (nSPS) is 26.2. The average Bonchev–Trinajstić information content (AvgIpc) is 2.82. The van der Waals surface area contributed by atoms with Crippen LogP contribution in [0.4, 0.5) is 0 Å². The molecule has 24 heavy (non-hydrogen) atoms. The lowest BCUT2D eigenvalue weighted by Gasteiger charge is -2.11. The SMILES string of the molecule is CC1COP(=O)(CNC(=O)CCCCCCCCCP(C)(=O)O)O1. The first kappa shape index (κ1) is 21.9. The van der Waals surface area contributed by atoms with Gasteiger partial charge in [-0.1, -0.05) is 32.1 Å². The Morgan fingerprint density at radius 3 is 2.33 bits per heavy atom. The lowest BCUT2D eigenvalue weighted by Crippen LogP contribution is -2.24. The van der Waals surface area contributed by atoms with Gasteiger partial charge in [0.2, 0.25) is 5.91 Å². The topological polar surface area (TPSA) is 102 Å². The molecule has 142 valence electrons. The second-order valence-corrected chi connectivity index (χ2v) is 11.1. The van der Waals surface area contributed by atoms with Crippen molar-refractivity contribution >= 4 is 20.9 Å². The van der Waals surface area contributed by atoms with E-state index in [-0.39, 0.29) is 18.3 Å². The fourth-order valence-corrected chi connectivity index (χ4v) is 4.94. The summed E-state index contributed by atoms with van der Waals surface area (Å²) in [4.78, 5) is 20.9. The van der Waals surface area contributed by atoms with Crippen molar-refractivity contribution in [3.63, 3.8) is 0 Å². The van der Waals surface area contributed by atoms with Gasteiger partial charge >= 0.3 is 7.60 Å². The number of rotatable bonds is 12. The van der Waals surface area contributed by atoms with Crippen LogP contribution < -0.4 is 5.32 Å². The summed E-state index contributed by atoms with van der Waals surface area (Å²) in [6, 6.07) is 0. The molecule has 1 fully saturated rings. The van der Waals surface area contributed by atoms with E-state index >= 15 is 0 Å². The number of unbranched alkanes of at least 4 members (excludes halogenated alkanes) is 6. The number of carbonyl (C=O) groups excluding carboxylic acids is 1. The summed E-state index contributed by atoms with van der Waals surface area (Å²) >= 11 is 0. The zero-order valence-electron chi connectivity index (χ0n) is 14.7. The van der Waals surface area contributed by atoms with Crippen molar-refractivity contribution in [3.8, 4) is 0 Å². The monoisotopic (exact) mass is 383 g/mol. The number of carbonyl (C=O) groups is 1. The van der Waals surface area contributed by atoms with Crippen LogP contribution in [0.2, 0.25) is 0 Å². The molecule has 0 aromatic carbocycles. The highest BCUT2D eigenvalue weighted by Crippen LogP contribution is 2.52. The van der Waals surface area contributed by atoms with Crippen LogP contribution in [0, 0.1) is 0 Å². The molecule has 9 heteroatoms. The van der Waals surface area contributed by atoms with Crippen LogP contribution in [0.15, 0.2) is 0 Å². The van der Waals surface area contributed by atoms with Gasteiger partial charge in [0, 0.05) is 19.2 Å². The molecule has 2 N–H and O–H groups in total. The molecule has 1 aliphatic heterocycles. The first-order chi connectivity index (χ1) is 11.2. The predicted molar refractivity (Wildman–Crippen MR) is 94.7 cm³/mol. The molecule has 0 bridgehead atoms. The molecule has 0 radical (unpaired) electrons. The van der Waals surface area contributed by atoms with E-state index in [1.807, 2.05) is 0 Å². The molecule has 0 saturated carbocycles. The number of hydrogen-bond donors (Lipinski definition) is 2. The van der Waals surface area contributed by atoms with Crippen molar-refractivity contribution in [2.75, 3.05) is 25.7 Å². The van der Waals surface area contributed by atoms with Crippen LogP contribution >= 0.6 is 15.0 Å². The van der Waals surface area contributed by atoms with Crippen molar-refractivity contribution in [1.82, 2.24) is 5.32 Å². The highest BCUT2D eigenvalue weighted by atomic mass is 31.2. The summed E-state index contributed by atoms with van der Waals surface area (Å²) < 4.78 is 33.4. The van der Waals surface area contributed by atoms with Gasteiger partial charge < -0.3 is 19.3 Å². The molecular formula is C15H31NO6P2. The Labute approximate surface area is 144 Å². The Bertz CT molecular complexity index is 479. The Morgan fingerprint density at radius 2 is 1.79 bits per heavy atom. The molecule has 0 aromatic heterocycles. The third-order valence-electron chi connectivity index (χ3n) is 3.79. The molecule has 0 spiro atoms. The minimum atomic E-state index is -3.12. The van der Waals surface area contributed by atoms with Gasteiger partial charge in [-0.2, -0.15) is 0 Å². The molecule has 1 heterocycles. The smallest absolute Gasteiger partial charge is 0.344 e. The maximum Gasteiger partial charge on any atom is 0.350 e. The van der Waals surface area contributed by atoms with E-state index in [1.165, 1.54) is 6.66 Å². The minimum Gasteiger partial charge on any atom is -0.344 e. The first-order valence-corrected chi connectivity index (χ1v) is 12.7. The van der Waals surface area contributed by atoms with Crippen LogP contribution in [-0.4, -0.2) is 42.6 Å². The second-order valence-electron chi connectivity index (χ2n) is 6.58. The Balaban J connectivity index is 1.93. The first-order valence-electron chi connectivity index (χ1n) is 8.68. The molecule has 1 saturated heterocycles. The molecule has 3 atom stereocenters. The fourth-order valence-electron chi connectivity index (χ4n) is 2.48. The van der Waals surface area contributed by atoms with Gasteiger partial charge in [-0.3, -0.25) is 13.9 Å². The van der Waals surface area contributed by atoms with E-state index < -0.39 is 15.0 Å². The number of hydrogen-bond acceptors (Lipinski definition) is 5. The zero-order chi connectivity index (χ0) is 18.1. The van der Waals surface area contributed by atoms with Crippen LogP contribution in [0.3, 0.4) is 0 Å².